The average molecular weight is 191 g/mol. The van der Waals surface area contributed by atoms with Crippen LogP contribution in [-0.4, -0.2) is 25.5 Å². The van der Waals surface area contributed by atoms with Crippen LogP contribution in [0.4, 0.5) is 4.79 Å². The molecule has 5 heteroatoms. The average Bonchev–Trinajstić information content (AvgIpc) is 2.82. The summed E-state index contributed by atoms with van der Waals surface area (Å²) >= 11 is 0. The molecule has 1 amide bonds. The fourth-order valence-electron chi connectivity index (χ4n) is 0.913. The minimum atomic E-state index is -0.533. The van der Waals surface area contributed by atoms with Crippen LogP contribution in [0.3, 0.4) is 0 Å². The van der Waals surface area contributed by atoms with E-state index in [0.717, 1.165) is 19.1 Å². The highest BCUT2D eigenvalue weighted by Crippen LogP contribution is 2.31. The summed E-state index contributed by atoms with van der Waals surface area (Å²) in [6.07, 6.45) is 2.27. The van der Waals surface area contributed by atoms with E-state index in [1.807, 2.05) is 0 Å². The summed E-state index contributed by atoms with van der Waals surface area (Å²) in [6.45, 7) is 0. The van der Waals surface area contributed by atoms with Crippen LogP contribution in [0.15, 0.2) is 0 Å². The van der Waals surface area contributed by atoms with E-state index >= 15 is 0 Å². The van der Waals surface area contributed by atoms with Crippen molar-refractivity contribution in [2.24, 2.45) is 5.92 Å². The van der Waals surface area contributed by atoms with Crippen LogP contribution in [0.25, 0.3) is 0 Å². The van der Waals surface area contributed by atoms with Gasteiger partial charge in [-0.05, 0) is 18.8 Å². The van der Waals surface area contributed by atoms with Gasteiger partial charge in [0.1, 0.15) is 6.29 Å². The molecule has 0 unspecified atom stereocenters. The number of hydrogen-bond acceptors (Lipinski definition) is 3. The Morgan fingerprint density at radius 1 is 1.67 bits per heavy atom. The highest BCUT2D eigenvalue weighted by Gasteiger charge is 2.32. The zero-order valence-corrected chi connectivity index (χ0v) is 7.87. The van der Waals surface area contributed by atoms with Crippen molar-refractivity contribution >= 4 is 25.9 Å². The van der Waals surface area contributed by atoms with E-state index in [-0.39, 0.29) is 19.5 Å². The van der Waals surface area contributed by atoms with Gasteiger partial charge < -0.3 is 14.8 Å². The van der Waals surface area contributed by atoms with Crippen molar-refractivity contribution in [3.05, 3.63) is 0 Å². The van der Waals surface area contributed by atoms with E-state index in [9.17, 15) is 9.59 Å². The second-order valence-corrected chi connectivity index (χ2v) is 2.64. The van der Waals surface area contributed by atoms with Crippen molar-refractivity contribution in [3.8, 4) is 0 Å². The van der Waals surface area contributed by atoms with Crippen LogP contribution in [-0.2, 0) is 9.53 Å². The fourth-order valence-corrected chi connectivity index (χ4v) is 0.913. The molecule has 12 heavy (non-hydrogen) atoms. The smallest absolute Gasteiger partial charge is 0.407 e. The molecule has 70 valence electrons. The molecular formula is C7H13NO3S. The van der Waals surface area contributed by atoms with E-state index < -0.39 is 6.09 Å². The van der Waals surface area contributed by atoms with Gasteiger partial charge in [-0.15, -0.1) is 0 Å². The van der Waals surface area contributed by atoms with Crippen molar-refractivity contribution in [3.63, 3.8) is 0 Å². The van der Waals surface area contributed by atoms with Crippen LogP contribution >= 0.6 is 13.5 Å². The molecule has 0 heterocycles. The summed E-state index contributed by atoms with van der Waals surface area (Å²) in [4.78, 5) is 21.0. The van der Waals surface area contributed by atoms with Crippen molar-refractivity contribution in [1.82, 2.24) is 5.32 Å². The van der Waals surface area contributed by atoms with Crippen LogP contribution in [0.5, 0.6) is 0 Å². The molecule has 1 atom stereocenters. The van der Waals surface area contributed by atoms with Gasteiger partial charge in [0, 0.05) is 0 Å². The van der Waals surface area contributed by atoms with Gasteiger partial charge in [0.2, 0.25) is 0 Å². The summed E-state index contributed by atoms with van der Waals surface area (Å²) in [7, 11) is 1.28. The van der Waals surface area contributed by atoms with E-state index in [4.69, 9.17) is 0 Å². The lowest BCUT2D eigenvalue weighted by Gasteiger charge is -2.09. The van der Waals surface area contributed by atoms with Gasteiger partial charge in [-0.2, -0.15) is 13.5 Å². The third-order valence-corrected chi connectivity index (χ3v) is 1.75. The number of ether oxygens (including phenoxy) is 1. The lowest BCUT2D eigenvalue weighted by atomic mass is 10.2. The molecule has 0 radical (unpaired) electrons. The van der Waals surface area contributed by atoms with Gasteiger partial charge in [0.05, 0.1) is 13.2 Å². The molecule has 1 rings (SSSR count). The molecule has 0 bridgehead atoms. The van der Waals surface area contributed by atoms with Crippen molar-refractivity contribution < 1.29 is 14.3 Å². The second kappa shape index (κ2) is 5.03. The lowest BCUT2D eigenvalue weighted by molar-refractivity contribution is -0.109. The minimum Gasteiger partial charge on any atom is -0.453 e. The minimum absolute atomic E-state index is 0. The van der Waals surface area contributed by atoms with E-state index in [0.29, 0.717) is 5.92 Å². The fraction of sp³-hybridized carbons (Fsp3) is 0.714. The number of alkyl carbamates (subject to hydrolysis) is 1. The third kappa shape index (κ3) is 3.13. The SMILES string of the molecule is COC(=O)N[C@H](C=O)C1CC1.S. The van der Waals surface area contributed by atoms with E-state index in [2.05, 4.69) is 10.1 Å². The molecule has 0 aromatic rings. The molecule has 0 aromatic carbocycles. The van der Waals surface area contributed by atoms with Gasteiger partial charge in [0.25, 0.3) is 0 Å². The maximum absolute atomic E-state index is 10.6. The Morgan fingerprint density at radius 2 is 2.25 bits per heavy atom. The predicted molar refractivity (Wildman–Crippen MR) is 48.5 cm³/mol. The second-order valence-electron chi connectivity index (χ2n) is 2.64. The predicted octanol–water partition coefficient (Wildman–Crippen LogP) is 0.433. The lowest BCUT2D eigenvalue weighted by Crippen LogP contribution is -2.37. The standard InChI is InChI=1S/C7H11NO3.H2S/c1-11-7(10)8-6(4-9)5-2-3-5;/h4-6H,2-3H2,1H3,(H,8,10);1H2/t6-;/m1./s1. The molecule has 0 saturated heterocycles. The van der Waals surface area contributed by atoms with Gasteiger partial charge >= 0.3 is 6.09 Å². The summed E-state index contributed by atoms with van der Waals surface area (Å²) in [5, 5.41) is 2.45. The van der Waals surface area contributed by atoms with Crippen LogP contribution in [0.1, 0.15) is 12.8 Å². The number of hydrogen-bond donors (Lipinski definition) is 1. The number of aldehydes is 1. The Bertz CT molecular complexity index is 170. The number of carbonyl (C=O) groups excluding carboxylic acids is 2. The quantitative estimate of drug-likeness (QED) is 0.658. The van der Waals surface area contributed by atoms with Crippen LogP contribution in [0.2, 0.25) is 0 Å². The van der Waals surface area contributed by atoms with Gasteiger partial charge in [-0.3, -0.25) is 0 Å². The number of rotatable bonds is 3. The third-order valence-electron chi connectivity index (χ3n) is 1.75. The Hall–Kier alpha value is -0.710. The van der Waals surface area contributed by atoms with Gasteiger partial charge in [0.15, 0.2) is 0 Å². The summed E-state index contributed by atoms with van der Waals surface area (Å²) in [6, 6.07) is -0.345. The molecule has 1 fully saturated rings. The first-order valence-corrected chi connectivity index (χ1v) is 3.57. The highest BCUT2D eigenvalue weighted by molar-refractivity contribution is 7.59. The molecule has 0 spiro atoms. The van der Waals surface area contributed by atoms with Gasteiger partial charge in [-0.1, -0.05) is 0 Å². The first-order valence-electron chi connectivity index (χ1n) is 3.57. The molecule has 4 nitrogen and oxygen atoms in total. The molecule has 0 aliphatic heterocycles. The maximum Gasteiger partial charge on any atom is 0.407 e. The van der Waals surface area contributed by atoms with Crippen molar-refractivity contribution in [2.75, 3.05) is 7.11 Å². The molecule has 1 aliphatic carbocycles. The topological polar surface area (TPSA) is 55.4 Å². The molecule has 1 aliphatic rings. The Kier molecular flexibility index (Phi) is 4.73. The van der Waals surface area contributed by atoms with Gasteiger partial charge in [-0.25, -0.2) is 4.79 Å². The summed E-state index contributed by atoms with van der Waals surface area (Å²) in [5.41, 5.74) is 0. The maximum atomic E-state index is 10.6. The first kappa shape index (κ1) is 11.3. The summed E-state index contributed by atoms with van der Waals surface area (Å²) < 4.78 is 4.35. The summed E-state index contributed by atoms with van der Waals surface area (Å²) in [5.74, 6) is 0.339. The zero-order chi connectivity index (χ0) is 8.27. The largest absolute Gasteiger partial charge is 0.453 e. The zero-order valence-electron chi connectivity index (χ0n) is 6.87. The van der Waals surface area contributed by atoms with Crippen LogP contribution < -0.4 is 5.32 Å². The van der Waals surface area contributed by atoms with Crippen LogP contribution in [0, 0.1) is 5.92 Å². The molecule has 1 saturated carbocycles. The molecular weight excluding hydrogens is 178 g/mol. The number of methoxy groups -OCH3 is 1. The first-order chi connectivity index (χ1) is 5.27. The molecule has 1 N–H and O–H groups in total. The van der Waals surface area contributed by atoms with Crippen molar-refractivity contribution in [1.29, 1.82) is 0 Å². The normalized spacial score (nSPS) is 17.1. The Balaban J connectivity index is 0.00000121. The van der Waals surface area contributed by atoms with Crippen molar-refractivity contribution in [2.45, 2.75) is 18.9 Å². The number of carbonyl (C=O) groups is 2. The Morgan fingerprint density at radius 3 is 2.58 bits per heavy atom. The number of amides is 1. The van der Waals surface area contributed by atoms with E-state index in [1.165, 1.54) is 7.11 Å². The van der Waals surface area contributed by atoms with E-state index in [1.54, 1.807) is 0 Å². The Labute approximate surface area is 78.1 Å². The number of nitrogens with one attached hydrogen (secondary N) is 1. The monoisotopic (exact) mass is 191 g/mol. The highest BCUT2D eigenvalue weighted by atomic mass is 32.1. The molecule has 0 aromatic heterocycles.